The van der Waals surface area contributed by atoms with E-state index in [0.717, 1.165) is 39.7 Å². The first kappa shape index (κ1) is 32.6. The molecule has 1 aromatic carbocycles. The zero-order chi connectivity index (χ0) is 33.2. The molecule has 244 valence electrons. The molecule has 2 atom stereocenters. The number of thioether (sulfide) groups is 2. The average Bonchev–Trinajstić information content (AvgIpc) is 3.50. The first-order valence-electron chi connectivity index (χ1n) is 14.4. The Morgan fingerprint density at radius 2 is 2.17 bits per heavy atom. The van der Waals surface area contributed by atoms with Crippen LogP contribution in [0.5, 0.6) is 0 Å². The molecule has 5 heterocycles. The number of carbonyl (C=O) groups is 3. The number of benzene rings is 1. The highest BCUT2D eigenvalue weighted by molar-refractivity contribution is 8.01. The Balaban J connectivity index is 1.20. The summed E-state index contributed by atoms with van der Waals surface area (Å²) in [6.07, 6.45) is 7.08. The van der Waals surface area contributed by atoms with Crippen molar-refractivity contribution < 1.29 is 33.3 Å². The summed E-state index contributed by atoms with van der Waals surface area (Å²) in [4.78, 5) is 51.8. The quantitative estimate of drug-likeness (QED) is 0.0489. The number of amides is 2. The van der Waals surface area contributed by atoms with Crippen LogP contribution in [0.4, 0.5) is 15.2 Å². The number of piperazine rings is 1. The van der Waals surface area contributed by atoms with Gasteiger partial charge in [-0.1, -0.05) is 11.1 Å². The fourth-order valence-electron chi connectivity index (χ4n) is 5.56. The van der Waals surface area contributed by atoms with Crippen molar-refractivity contribution in [2.75, 3.05) is 54.9 Å². The maximum Gasteiger partial charge on any atom is 0.276 e. The van der Waals surface area contributed by atoms with E-state index in [1.807, 2.05) is 34.8 Å². The number of nitrogens with zero attached hydrogens (tertiary/aromatic N) is 5. The molecule has 2 aromatic heterocycles. The highest BCUT2D eigenvalue weighted by atomic mass is 32.2. The Morgan fingerprint density at radius 1 is 1.38 bits per heavy atom. The second kappa shape index (κ2) is 13.8. The number of nitrogen functional groups attached to an aromatic ring is 1. The van der Waals surface area contributed by atoms with Crippen LogP contribution in [0, 0.1) is 18.2 Å². The minimum atomic E-state index is -1.50. The SMILES string of the molecule is C#CCO/N=C(\C(=O)NC1C(=O)N2C(C(=O)[O-])=C(CSc3cc[n+](C)c4cc(N5CCNCC5)c(F)cc34)CSC12)c1csc(N)n1. The van der Waals surface area contributed by atoms with Gasteiger partial charge in [-0.3, -0.25) is 14.5 Å². The minimum absolute atomic E-state index is 0.138. The molecule has 2 saturated heterocycles. The van der Waals surface area contributed by atoms with Crippen LogP contribution < -0.4 is 30.9 Å². The number of anilines is 2. The van der Waals surface area contributed by atoms with Gasteiger partial charge in [-0.2, -0.15) is 0 Å². The predicted molar refractivity (Wildman–Crippen MR) is 176 cm³/mol. The summed E-state index contributed by atoms with van der Waals surface area (Å²) in [5, 5.41) is 23.8. The molecule has 2 fully saturated rings. The number of halogens is 1. The number of rotatable bonds is 10. The summed E-state index contributed by atoms with van der Waals surface area (Å²) in [5.74, 6) is -0.467. The number of oxime groups is 1. The van der Waals surface area contributed by atoms with Crippen LogP contribution in [0.25, 0.3) is 10.9 Å². The van der Waals surface area contributed by atoms with E-state index in [0.29, 0.717) is 29.7 Å². The number of fused-ring (bicyclic) bond motifs is 2. The molecule has 0 spiro atoms. The zero-order valence-electron chi connectivity index (χ0n) is 25.0. The Kier molecular flexibility index (Phi) is 9.55. The van der Waals surface area contributed by atoms with Crippen molar-refractivity contribution in [2.24, 2.45) is 12.2 Å². The number of aliphatic carboxylic acids is 1. The topological polar surface area (TPSA) is 169 Å². The van der Waals surface area contributed by atoms with Crippen molar-refractivity contribution in [2.45, 2.75) is 16.3 Å². The molecule has 0 radical (unpaired) electrons. The van der Waals surface area contributed by atoms with Crippen molar-refractivity contribution in [3.05, 3.63) is 52.6 Å². The van der Waals surface area contributed by atoms with Gasteiger partial charge in [-0.25, -0.2) is 13.9 Å². The van der Waals surface area contributed by atoms with E-state index in [4.69, 9.17) is 17.0 Å². The number of terminal acetylenes is 1. The van der Waals surface area contributed by atoms with E-state index in [-0.39, 0.29) is 46.2 Å². The molecule has 17 heteroatoms. The fourth-order valence-corrected chi connectivity index (χ4v) is 8.62. The molecule has 0 aliphatic carbocycles. The van der Waals surface area contributed by atoms with Gasteiger partial charge in [0.25, 0.3) is 11.8 Å². The Morgan fingerprint density at radius 3 is 2.87 bits per heavy atom. The van der Waals surface area contributed by atoms with Crippen LogP contribution in [0.1, 0.15) is 5.69 Å². The highest BCUT2D eigenvalue weighted by Gasteiger charge is 2.53. The van der Waals surface area contributed by atoms with Crippen molar-refractivity contribution in [1.29, 1.82) is 0 Å². The molecule has 3 aliphatic rings. The van der Waals surface area contributed by atoms with Crippen LogP contribution in [-0.2, 0) is 26.3 Å². The number of carboxylic acid groups (broad SMARTS) is 1. The number of nitrogens with one attached hydrogen (secondary N) is 2. The summed E-state index contributed by atoms with van der Waals surface area (Å²) in [6.45, 7) is 2.77. The molecule has 13 nitrogen and oxygen atoms in total. The van der Waals surface area contributed by atoms with Gasteiger partial charge in [0, 0.05) is 60.1 Å². The third-order valence-corrected chi connectivity index (χ3v) is 11.0. The van der Waals surface area contributed by atoms with Crippen molar-refractivity contribution in [3.63, 3.8) is 0 Å². The number of β-lactam (4-membered cyclic amide) rings is 1. The summed E-state index contributed by atoms with van der Waals surface area (Å²) < 4.78 is 17.3. The van der Waals surface area contributed by atoms with E-state index in [1.54, 1.807) is 0 Å². The first-order valence-corrected chi connectivity index (χ1v) is 17.3. The highest BCUT2D eigenvalue weighted by Crippen LogP contribution is 2.42. The molecule has 3 aliphatic heterocycles. The second-order valence-corrected chi connectivity index (χ2v) is 13.7. The maximum atomic E-state index is 15.4. The van der Waals surface area contributed by atoms with Gasteiger partial charge in [-0.15, -0.1) is 41.3 Å². The van der Waals surface area contributed by atoms with Gasteiger partial charge in [0.1, 0.15) is 30.0 Å². The predicted octanol–water partition coefficient (Wildman–Crippen LogP) is -0.198. The van der Waals surface area contributed by atoms with Crippen LogP contribution >= 0.6 is 34.9 Å². The first-order chi connectivity index (χ1) is 22.7. The van der Waals surface area contributed by atoms with Gasteiger partial charge < -0.3 is 36.0 Å². The number of aryl methyl sites for hydroxylation is 1. The summed E-state index contributed by atoms with van der Waals surface area (Å²) in [6, 6.07) is 4.20. The molecule has 47 heavy (non-hydrogen) atoms. The van der Waals surface area contributed by atoms with Gasteiger partial charge in [0.05, 0.1) is 22.7 Å². The second-order valence-electron chi connectivity index (χ2n) is 10.7. The van der Waals surface area contributed by atoms with E-state index < -0.39 is 29.2 Å². The van der Waals surface area contributed by atoms with Crippen molar-refractivity contribution in [1.82, 2.24) is 20.5 Å². The molecular weight excluding hydrogens is 668 g/mol. The van der Waals surface area contributed by atoms with E-state index >= 15 is 4.39 Å². The lowest BCUT2D eigenvalue weighted by molar-refractivity contribution is -0.645. The van der Waals surface area contributed by atoms with Gasteiger partial charge in [0.15, 0.2) is 23.6 Å². The minimum Gasteiger partial charge on any atom is -0.543 e. The smallest absolute Gasteiger partial charge is 0.276 e. The lowest BCUT2D eigenvalue weighted by atomic mass is 10.0. The average molecular weight is 697 g/mol. The Bertz CT molecular complexity index is 1870. The largest absolute Gasteiger partial charge is 0.543 e. The molecule has 4 N–H and O–H groups in total. The van der Waals surface area contributed by atoms with Crippen LogP contribution in [0.3, 0.4) is 0 Å². The number of pyridine rings is 1. The molecular formula is C30H29FN8O5S3. The van der Waals surface area contributed by atoms with E-state index in [9.17, 15) is 19.5 Å². The standard InChI is InChI=1S/C30H29FN8O5S3/c1-3-10-44-36-23(19-15-47-30(32)34-19)26(40)35-24-27(41)39-25(29(42)43)16(14-46-28(24)39)13-45-22-4-7-37(2)20-12-21(18(31)11-17(20)22)38-8-5-33-6-9-38/h1,4,7,11-12,15,24,28,33H,5-6,8-10,13-14H2,2H3,(H3-,32,34,35,40,42,43)/b36-23-. The zero-order valence-corrected chi connectivity index (χ0v) is 27.5. The molecule has 2 unspecified atom stereocenters. The third-order valence-electron chi connectivity index (χ3n) is 7.83. The molecule has 3 aromatic rings. The summed E-state index contributed by atoms with van der Waals surface area (Å²) >= 11 is 3.76. The van der Waals surface area contributed by atoms with E-state index in [2.05, 4.69) is 26.7 Å². The van der Waals surface area contributed by atoms with Gasteiger partial charge in [0.2, 0.25) is 5.52 Å². The molecule has 0 bridgehead atoms. The van der Waals surface area contributed by atoms with Crippen molar-refractivity contribution in [3.8, 4) is 12.3 Å². The number of hydrogen-bond acceptors (Lipinski definition) is 13. The normalized spacial score (nSPS) is 19.7. The lowest BCUT2D eigenvalue weighted by Crippen LogP contribution is -2.71. The fraction of sp³-hybridized carbons (Fsp3) is 0.333. The van der Waals surface area contributed by atoms with Crippen molar-refractivity contribution >= 4 is 80.1 Å². The molecule has 6 rings (SSSR count). The summed E-state index contributed by atoms with van der Waals surface area (Å²) in [7, 11) is 1.89. The van der Waals surface area contributed by atoms with Gasteiger partial charge >= 0.3 is 0 Å². The lowest BCUT2D eigenvalue weighted by Gasteiger charge is -2.50. The number of hydrogen-bond donors (Lipinski definition) is 3. The van der Waals surface area contributed by atoms with Crippen LogP contribution in [-0.4, -0.2) is 89.1 Å². The van der Waals surface area contributed by atoms with Gasteiger partial charge in [-0.05, 0) is 11.6 Å². The van der Waals surface area contributed by atoms with E-state index in [1.165, 1.54) is 35.0 Å². The maximum absolute atomic E-state index is 15.4. The number of thiazole rings is 1. The summed E-state index contributed by atoms with van der Waals surface area (Å²) in [5.41, 5.74) is 7.25. The van der Waals surface area contributed by atoms with Crippen LogP contribution in [0.2, 0.25) is 0 Å². The third kappa shape index (κ3) is 6.46. The van der Waals surface area contributed by atoms with Crippen LogP contribution in [0.15, 0.2) is 51.1 Å². The molecule has 0 saturated carbocycles. The monoisotopic (exact) mass is 696 g/mol. The molecule has 2 amide bonds. The number of carbonyl (C=O) groups excluding carboxylic acids is 3. The number of nitrogens with two attached hydrogens (primary N) is 1. The number of carboxylic acids is 1. The number of aromatic nitrogens is 2. The Labute approximate surface area is 281 Å². The Hall–Kier alpha value is -4.37.